The normalized spacial score (nSPS) is 22.2. The molecule has 0 aliphatic heterocycles. The zero-order valence-corrected chi connectivity index (χ0v) is 12.7. The molecule has 1 heterocycles. The Bertz CT molecular complexity index is 622. The summed E-state index contributed by atoms with van der Waals surface area (Å²) in [7, 11) is 1.93. The molecule has 2 atom stereocenters. The van der Waals surface area contributed by atoms with Crippen LogP contribution >= 0.6 is 0 Å². The van der Waals surface area contributed by atoms with Gasteiger partial charge in [-0.05, 0) is 30.4 Å². The largest absolute Gasteiger partial charge is 0.384 e. The van der Waals surface area contributed by atoms with Gasteiger partial charge in [-0.2, -0.15) is 5.10 Å². The van der Waals surface area contributed by atoms with Crippen molar-refractivity contribution in [1.82, 2.24) is 15.1 Å². The predicted octanol–water partition coefficient (Wildman–Crippen LogP) is 2.29. The van der Waals surface area contributed by atoms with Gasteiger partial charge in [0.2, 0.25) is 0 Å². The van der Waals surface area contributed by atoms with Crippen LogP contribution in [0.25, 0.3) is 0 Å². The molecular formula is C17H23N3O. The topological polar surface area (TPSA) is 50.1 Å². The van der Waals surface area contributed by atoms with Gasteiger partial charge in [0.1, 0.15) is 5.60 Å². The molecule has 1 aromatic heterocycles. The van der Waals surface area contributed by atoms with E-state index < -0.39 is 5.60 Å². The number of aryl methyl sites for hydroxylation is 2. The summed E-state index contributed by atoms with van der Waals surface area (Å²) in [6.07, 6.45) is 6.66. The van der Waals surface area contributed by atoms with E-state index in [2.05, 4.69) is 29.5 Å². The molecule has 3 rings (SSSR count). The molecule has 0 radical (unpaired) electrons. The van der Waals surface area contributed by atoms with Gasteiger partial charge in [0.05, 0.1) is 6.20 Å². The van der Waals surface area contributed by atoms with Crippen LogP contribution in [0.2, 0.25) is 0 Å². The van der Waals surface area contributed by atoms with E-state index in [1.807, 2.05) is 36.3 Å². The summed E-state index contributed by atoms with van der Waals surface area (Å²) in [6, 6.07) is 8.45. The minimum Gasteiger partial charge on any atom is -0.384 e. The van der Waals surface area contributed by atoms with Gasteiger partial charge in [0, 0.05) is 31.4 Å². The molecule has 0 spiro atoms. The van der Waals surface area contributed by atoms with Crippen molar-refractivity contribution < 1.29 is 5.11 Å². The molecule has 2 aromatic rings. The third kappa shape index (κ3) is 2.74. The molecule has 21 heavy (non-hydrogen) atoms. The van der Waals surface area contributed by atoms with Crippen molar-refractivity contribution in [1.29, 1.82) is 0 Å². The van der Waals surface area contributed by atoms with Crippen LogP contribution in [0.5, 0.6) is 0 Å². The fourth-order valence-electron chi connectivity index (χ4n) is 3.26. The van der Waals surface area contributed by atoms with Crippen molar-refractivity contribution in [2.24, 2.45) is 7.05 Å². The molecule has 1 aromatic carbocycles. The number of hydrogen-bond donors (Lipinski definition) is 2. The number of rotatable bonds is 5. The maximum atomic E-state index is 11.0. The molecule has 2 unspecified atom stereocenters. The Kier molecular flexibility index (Phi) is 3.83. The number of aromatic nitrogens is 2. The quantitative estimate of drug-likeness (QED) is 0.886. The van der Waals surface area contributed by atoms with Crippen LogP contribution in [0.1, 0.15) is 42.5 Å². The SMILES string of the molecule is CCC(NCC1(O)CCc2ccccc21)c1cnn(C)c1. The van der Waals surface area contributed by atoms with E-state index in [1.54, 1.807) is 0 Å². The maximum Gasteiger partial charge on any atom is 0.103 e. The van der Waals surface area contributed by atoms with Gasteiger partial charge in [0.25, 0.3) is 0 Å². The van der Waals surface area contributed by atoms with Gasteiger partial charge in [0.15, 0.2) is 0 Å². The third-order valence-electron chi connectivity index (χ3n) is 4.50. The number of fused-ring (bicyclic) bond motifs is 1. The number of benzene rings is 1. The Morgan fingerprint density at radius 2 is 2.24 bits per heavy atom. The van der Waals surface area contributed by atoms with Gasteiger partial charge in [-0.15, -0.1) is 0 Å². The van der Waals surface area contributed by atoms with Crippen molar-refractivity contribution >= 4 is 0 Å². The molecule has 1 aliphatic carbocycles. The lowest BCUT2D eigenvalue weighted by atomic mass is 9.95. The van der Waals surface area contributed by atoms with Crippen LogP contribution < -0.4 is 5.32 Å². The van der Waals surface area contributed by atoms with E-state index in [9.17, 15) is 5.11 Å². The molecule has 2 N–H and O–H groups in total. The van der Waals surface area contributed by atoms with Crippen molar-refractivity contribution in [3.8, 4) is 0 Å². The molecule has 1 aliphatic rings. The summed E-state index contributed by atoms with van der Waals surface area (Å²) in [5.41, 5.74) is 2.79. The van der Waals surface area contributed by atoms with Gasteiger partial charge in [-0.25, -0.2) is 0 Å². The Morgan fingerprint density at radius 1 is 1.43 bits per heavy atom. The molecule has 4 heteroatoms. The highest BCUT2D eigenvalue weighted by molar-refractivity contribution is 5.37. The molecule has 0 fully saturated rings. The molecular weight excluding hydrogens is 262 g/mol. The second kappa shape index (κ2) is 5.62. The van der Waals surface area contributed by atoms with Crippen LogP contribution in [0, 0.1) is 0 Å². The molecule has 4 nitrogen and oxygen atoms in total. The lowest BCUT2D eigenvalue weighted by Gasteiger charge is -2.27. The smallest absolute Gasteiger partial charge is 0.103 e. The highest BCUT2D eigenvalue weighted by Gasteiger charge is 2.36. The van der Waals surface area contributed by atoms with Crippen LogP contribution in [0.15, 0.2) is 36.7 Å². The first-order chi connectivity index (χ1) is 10.1. The number of nitrogens with zero attached hydrogens (tertiary/aromatic N) is 2. The van der Waals surface area contributed by atoms with Crippen LogP contribution in [0.3, 0.4) is 0 Å². The second-order valence-corrected chi connectivity index (χ2v) is 5.98. The third-order valence-corrected chi connectivity index (χ3v) is 4.50. The van der Waals surface area contributed by atoms with E-state index in [0.29, 0.717) is 6.54 Å². The van der Waals surface area contributed by atoms with Crippen LogP contribution in [-0.2, 0) is 19.1 Å². The van der Waals surface area contributed by atoms with E-state index >= 15 is 0 Å². The molecule has 112 valence electrons. The van der Waals surface area contributed by atoms with Crippen molar-refractivity contribution in [2.45, 2.75) is 37.8 Å². The Hall–Kier alpha value is -1.65. The standard InChI is InChI=1S/C17H23N3O/c1-3-16(14-10-19-20(2)11-14)18-12-17(21)9-8-13-6-4-5-7-15(13)17/h4-7,10-11,16,18,21H,3,8-9,12H2,1-2H3. The average molecular weight is 285 g/mol. The average Bonchev–Trinajstić information content (AvgIpc) is 3.06. The minimum absolute atomic E-state index is 0.232. The number of nitrogens with one attached hydrogen (secondary N) is 1. The summed E-state index contributed by atoms with van der Waals surface area (Å²) < 4.78 is 1.82. The molecule has 0 saturated carbocycles. The minimum atomic E-state index is -0.744. The molecule has 0 amide bonds. The van der Waals surface area contributed by atoms with E-state index in [1.165, 1.54) is 11.1 Å². The fourth-order valence-corrected chi connectivity index (χ4v) is 3.26. The first-order valence-electron chi connectivity index (χ1n) is 7.65. The van der Waals surface area contributed by atoms with Crippen LogP contribution in [-0.4, -0.2) is 21.4 Å². The van der Waals surface area contributed by atoms with Gasteiger partial charge in [-0.1, -0.05) is 31.2 Å². The number of hydrogen-bond acceptors (Lipinski definition) is 3. The highest BCUT2D eigenvalue weighted by atomic mass is 16.3. The lowest BCUT2D eigenvalue weighted by molar-refractivity contribution is 0.0356. The Labute approximate surface area is 125 Å². The van der Waals surface area contributed by atoms with Crippen molar-refractivity contribution in [2.75, 3.05) is 6.54 Å². The fraction of sp³-hybridized carbons (Fsp3) is 0.471. The molecule has 0 saturated heterocycles. The zero-order valence-electron chi connectivity index (χ0n) is 12.7. The van der Waals surface area contributed by atoms with Crippen molar-refractivity contribution in [3.63, 3.8) is 0 Å². The summed E-state index contributed by atoms with van der Waals surface area (Å²) in [4.78, 5) is 0. The first-order valence-corrected chi connectivity index (χ1v) is 7.65. The predicted molar refractivity (Wildman–Crippen MR) is 82.9 cm³/mol. The number of aliphatic hydroxyl groups is 1. The molecule has 0 bridgehead atoms. The van der Waals surface area contributed by atoms with Crippen molar-refractivity contribution in [3.05, 3.63) is 53.3 Å². The van der Waals surface area contributed by atoms with Gasteiger partial charge < -0.3 is 10.4 Å². The Balaban J connectivity index is 1.72. The van der Waals surface area contributed by atoms with Gasteiger partial charge >= 0.3 is 0 Å². The van der Waals surface area contributed by atoms with Gasteiger partial charge in [-0.3, -0.25) is 4.68 Å². The van der Waals surface area contributed by atoms with E-state index in [4.69, 9.17) is 0 Å². The lowest BCUT2D eigenvalue weighted by Crippen LogP contribution is -2.38. The van der Waals surface area contributed by atoms with Crippen LogP contribution in [0.4, 0.5) is 0 Å². The summed E-state index contributed by atoms with van der Waals surface area (Å²) in [5.74, 6) is 0. The van der Waals surface area contributed by atoms with E-state index in [0.717, 1.165) is 24.8 Å². The maximum absolute atomic E-state index is 11.0. The summed E-state index contributed by atoms with van der Waals surface area (Å²) >= 11 is 0. The zero-order chi connectivity index (χ0) is 14.9. The summed E-state index contributed by atoms with van der Waals surface area (Å²) in [5, 5.41) is 18.7. The van der Waals surface area contributed by atoms with E-state index in [-0.39, 0.29) is 6.04 Å². The highest BCUT2D eigenvalue weighted by Crippen LogP contribution is 2.36. The summed E-state index contributed by atoms with van der Waals surface area (Å²) in [6.45, 7) is 2.73. The Morgan fingerprint density at radius 3 is 2.95 bits per heavy atom. The monoisotopic (exact) mass is 285 g/mol. The second-order valence-electron chi connectivity index (χ2n) is 5.98. The first kappa shape index (κ1) is 14.3.